The molecule has 11 heteroatoms. The van der Waals surface area contributed by atoms with Crippen LogP contribution in [0, 0.1) is 11.3 Å². The van der Waals surface area contributed by atoms with E-state index in [-0.39, 0.29) is 19.3 Å². The van der Waals surface area contributed by atoms with Crippen molar-refractivity contribution in [1.82, 2.24) is 10.3 Å². The number of aliphatic hydroxyl groups excluding tert-OH is 1. The number of aliphatic hydroxyl groups is 1. The number of nitriles is 1. The monoisotopic (exact) mass is 637 g/mol. The molecule has 8 nitrogen and oxygen atoms in total. The first kappa shape index (κ1) is 30.6. The number of aliphatic carboxylic acids is 1. The molecule has 0 saturated carbocycles. The molecule has 220 valence electrons. The number of carboxylic acids is 1. The molecule has 4 aromatic rings. The van der Waals surface area contributed by atoms with Crippen LogP contribution >= 0.6 is 34.8 Å². The fourth-order valence-corrected chi connectivity index (χ4v) is 5.55. The van der Waals surface area contributed by atoms with Gasteiger partial charge in [-0.25, -0.2) is 0 Å². The minimum absolute atomic E-state index is 0.0582. The Morgan fingerprint density at radius 1 is 1.07 bits per heavy atom. The topological polar surface area (TPSA) is 125 Å². The van der Waals surface area contributed by atoms with Crippen LogP contribution in [0.4, 0.5) is 0 Å². The number of nitrogens with zero attached hydrogens (tertiary/aromatic N) is 2. The smallest absolute Gasteiger partial charge is 0.323 e. The molecule has 0 radical (unpaired) electrons. The van der Waals surface area contributed by atoms with Gasteiger partial charge in [0.2, 0.25) is 0 Å². The number of benzene rings is 3. The van der Waals surface area contributed by atoms with Crippen molar-refractivity contribution in [3.8, 4) is 28.7 Å². The molecule has 0 aliphatic heterocycles. The number of ether oxygens (including phenoxy) is 2. The van der Waals surface area contributed by atoms with Gasteiger partial charge in [-0.2, -0.15) is 5.26 Å². The van der Waals surface area contributed by atoms with E-state index < -0.39 is 18.6 Å². The van der Waals surface area contributed by atoms with Crippen LogP contribution in [0.1, 0.15) is 40.3 Å². The number of halogens is 3. The van der Waals surface area contributed by atoms with Crippen molar-refractivity contribution < 1.29 is 24.5 Å². The Balaban J connectivity index is 1.43. The molecular formula is C32H26Cl3N3O5. The largest absolute Gasteiger partial charge is 0.488 e. The summed E-state index contributed by atoms with van der Waals surface area (Å²) in [5.74, 6) is -0.381. The third-order valence-corrected chi connectivity index (χ3v) is 8.20. The van der Waals surface area contributed by atoms with Crippen LogP contribution in [0.2, 0.25) is 15.1 Å². The summed E-state index contributed by atoms with van der Waals surface area (Å²) in [7, 11) is 0. The summed E-state index contributed by atoms with van der Waals surface area (Å²) < 4.78 is 12.6. The molecule has 2 atom stereocenters. The maximum atomic E-state index is 11.4. The van der Waals surface area contributed by atoms with Gasteiger partial charge in [0.25, 0.3) is 0 Å². The Labute approximate surface area is 263 Å². The first-order valence-electron chi connectivity index (χ1n) is 13.4. The number of hydrogen-bond acceptors (Lipinski definition) is 7. The van der Waals surface area contributed by atoms with Crippen LogP contribution in [-0.2, 0) is 24.4 Å². The lowest BCUT2D eigenvalue weighted by molar-refractivity contribution is -0.140. The molecule has 0 fully saturated rings. The van der Waals surface area contributed by atoms with Gasteiger partial charge >= 0.3 is 5.97 Å². The molecule has 0 spiro atoms. The van der Waals surface area contributed by atoms with E-state index in [0.29, 0.717) is 43.3 Å². The molecule has 5 rings (SSSR count). The molecule has 1 aromatic heterocycles. The zero-order chi connectivity index (χ0) is 30.5. The van der Waals surface area contributed by atoms with Gasteiger partial charge in [0.1, 0.15) is 36.3 Å². The maximum absolute atomic E-state index is 11.4. The summed E-state index contributed by atoms with van der Waals surface area (Å²) in [6, 6.07) is 17.5. The quantitative estimate of drug-likeness (QED) is 0.165. The first-order chi connectivity index (χ1) is 20.8. The van der Waals surface area contributed by atoms with E-state index >= 15 is 0 Å². The van der Waals surface area contributed by atoms with Crippen molar-refractivity contribution in [2.45, 2.75) is 38.1 Å². The summed E-state index contributed by atoms with van der Waals surface area (Å²) in [4.78, 5) is 15.5. The van der Waals surface area contributed by atoms with Crippen molar-refractivity contribution in [2.24, 2.45) is 0 Å². The van der Waals surface area contributed by atoms with Crippen molar-refractivity contribution in [3.63, 3.8) is 0 Å². The number of fused-ring (bicyclic) bond motifs is 1. The highest BCUT2D eigenvalue weighted by Crippen LogP contribution is 2.43. The predicted molar refractivity (Wildman–Crippen MR) is 164 cm³/mol. The van der Waals surface area contributed by atoms with Crippen LogP contribution in [0.5, 0.6) is 11.5 Å². The van der Waals surface area contributed by atoms with E-state index in [1.165, 1.54) is 6.20 Å². The van der Waals surface area contributed by atoms with Crippen molar-refractivity contribution in [3.05, 3.63) is 110 Å². The molecular weight excluding hydrogens is 613 g/mol. The highest BCUT2D eigenvalue weighted by molar-refractivity contribution is 6.42. The Morgan fingerprint density at radius 3 is 2.65 bits per heavy atom. The molecule has 1 aliphatic carbocycles. The van der Waals surface area contributed by atoms with Gasteiger partial charge in [-0.15, -0.1) is 0 Å². The molecule has 0 amide bonds. The molecule has 3 N–H and O–H groups in total. The van der Waals surface area contributed by atoms with Gasteiger partial charge in [-0.1, -0.05) is 59.1 Å². The van der Waals surface area contributed by atoms with Gasteiger partial charge in [-0.05, 0) is 59.4 Å². The minimum Gasteiger partial charge on any atom is -0.488 e. The van der Waals surface area contributed by atoms with Gasteiger partial charge in [0.05, 0.1) is 27.2 Å². The SMILES string of the molecule is N#Cc1cncc(COc2cc(O[C@H]3CCc4c(-c5ccc(Cl)c(Cl)c5)cccc43)c(Cl)cc2CN[C@@H](CO)C(=O)O)c1. The van der Waals surface area contributed by atoms with Crippen LogP contribution in [0.3, 0.4) is 0 Å². The number of carboxylic acid groups (broad SMARTS) is 1. The minimum atomic E-state index is -1.18. The van der Waals surface area contributed by atoms with Gasteiger partial charge in [-0.3, -0.25) is 15.1 Å². The fourth-order valence-electron chi connectivity index (χ4n) is 5.02. The number of pyridine rings is 1. The fraction of sp³-hybridized carbons (Fsp3) is 0.219. The predicted octanol–water partition coefficient (Wildman–Crippen LogP) is 6.76. The van der Waals surface area contributed by atoms with Crippen molar-refractivity contribution in [1.29, 1.82) is 5.26 Å². The standard InChI is InChI=1S/C32H26Cl3N3O5/c33-25-6-4-20(9-26(25)34)22-2-1-3-24-23(22)5-7-29(24)43-31-11-30(42-17-19-8-18(12-36)13-37-14-19)21(10-27(31)35)15-38-28(16-39)32(40)41/h1-4,6,8-11,13-14,28-29,38-39H,5,7,15-17H2,(H,40,41)/t28-,29-/m0/s1. The molecule has 1 heterocycles. The van der Waals surface area contributed by atoms with E-state index in [1.807, 2.05) is 24.3 Å². The Bertz CT molecular complexity index is 1710. The van der Waals surface area contributed by atoms with Crippen LogP contribution in [0.15, 0.2) is 67.0 Å². The average Bonchev–Trinajstić information content (AvgIpc) is 3.42. The Morgan fingerprint density at radius 2 is 1.91 bits per heavy atom. The molecule has 0 bridgehead atoms. The lowest BCUT2D eigenvalue weighted by atomic mass is 9.97. The zero-order valence-corrected chi connectivity index (χ0v) is 25.0. The van der Waals surface area contributed by atoms with Gasteiger partial charge in [0.15, 0.2) is 0 Å². The van der Waals surface area contributed by atoms with Gasteiger partial charge in [0, 0.05) is 36.1 Å². The second kappa shape index (κ2) is 13.6. The summed E-state index contributed by atoms with van der Waals surface area (Å²) in [6.07, 6.45) is 4.31. The number of aromatic nitrogens is 1. The van der Waals surface area contributed by atoms with Crippen molar-refractivity contribution >= 4 is 40.8 Å². The maximum Gasteiger partial charge on any atom is 0.323 e. The van der Waals surface area contributed by atoms with E-state index in [1.54, 1.807) is 30.5 Å². The number of nitrogens with one attached hydrogen (secondary N) is 1. The second-order valence-electron chi connectivity index (χ2n) is 9.97. The van der Waals surface area contributed by atoms with E-state index in [4.69, 9.17) is 44.3 Å². The highest BCUT2D eigenvalue weighted by atomic mass is 35.5. The summed E-state index contributed by atoms with van der Waals surface area (Å²) in [6.45, 7) is -0.431. The highest BCUT2D eigenvalue weighted by Gasteiger charge is 2.28. The first-order valence-corrected chi connectivity index (χ1v) is 14.5. The number of carbonyl (C=O) groups is 1. The lowest BCUT2D eigenvalue weighted by Gasteiger charge is -2.20. The lowest BCUT2D eigenvalue weighted by Crippen LogP contribution is -2.39. The third kappa shape index (κ3) is 7.04. The van der Waals surface area contributed by atoms with Gasteiger partial charge < -0.3 is 19.7 Å². The Kier molecular flexibility index (Phi) is 9.71. The van der Waals surface area contributed by atoms with E-state index in [0.717, 1.165) is 35.1 Å². The summed E-state index contributed by atoms with van der Waals surface area (Å²) >= 11 is 19.1. The van der Waals surface area contributed by atoms with Crippen LogP contribution in [-0.4, -0.2) is 33.8 Å². The average molecular weight is 639 g/mol. The van der Waals surface area contributed by atoms with Crippen LogP contribution < -0.4 is 14.8 Å². The summed E-state index contributed by atoms with van der Waals surface area (Å²) in [5, 5.41) is 32.1. The summed E-state index contributed by atoms with van der Waals surface area (Å²) in [5.41, 5.74) is 5.87. The number of hydrogen-bond donors (Lipinski definition) is 3. The van der Waals surface area contributed by atoms with E-state index in [2.05, 4.69) is 22.4 Å². The molecule has 0 unspecified atom stereocenters. The van der Waals surface area contributed by atoms with Crippen LogP contribution in [0.25, 0.3) is 11.1 Å². The molecule has 1 aliphatic rings. The second-order valence-corrected chi connectivity index (χ2v) is 11.2. The molecule has 0 saturated heterocycles. The zero-order valence-electron chi connectivity index (χ0n) is 22.7. The normalized spacial score (nSPS) is 14.5. The molecule has 3 aromatic carbocycles. The number of rotatable bonds is 11. The Hall–Kier alpha value is -3.84. The van der Waals surface area contributed by atoms with E-state index in [9.17, 15) is 20.3 Å². The third-order valence-electron chi connectivity index (χ3n) is 7.17. The van der Waals surface area contributed by atoms with Crippen molar-refractivity contribution in [2.75, 3.05) is 6.61 Å². The molecule has 43 heavy (non-hydrogen) atoms.